The van der Waals surface area contributed by atoms with Crippen LogP contribution in [-0.4, -0.2) is 87.5 Å². The summed E-state index contributed by atoms with van der Waals surface area (Å²) in [6.45, 7) is 3.77. The van der Waals surface area contributed by atoms with Gasteiger partial charge in [-0.2, -0.15) is 13.2 Å². The number of ether oxygens (including phenoxy) is 1. The minimum atomic E-state index is -5.08. The van der Waals surface area contributed by atoms with E-state index in [1.807, 2.05) is 103 Å². The lowest BCUT2D eigenvalue weighted by Gasteiger charge is -2.40. The number of aliphatic carboxylic acids is 1. The third kappa shape index (κ3) is 6.36. The van der Waals surface area contributed by atoms with E-state index in [4.69, 9.17) is 19.6 Å². The van der Waals surface area contributed by atoms with Gasteiger partial charge in [-0.25, -0.2) is 14.6 Å². The molecule has 252 valence electrons. The number of guanidine groups is 1. The highest BCUT2D eigenvalue weighted by Crippen LogP contribution is 2.53. The fourth-order valence-corrected chi connectivity index (χ4v) is 6.92. The molecule has 1 N–H and O–H groups in total. The van der Waals surface area contributed by atoms with Crippen molar-refractivity contribution in [3.63, 3.8) is 0 Å². The number of alkyl halides is 3. The number of carboxylic acids is 1. The van der Waals surface area contributed by atoms with Gasteiger partial charge < -0.3 is 19.6 Å². The Bertz CT molecular complexity index is 1670. The van der Waals surface area contributed by atoms with Gasteiger partial charge in [0.1, 0.15) is 0 Å². The number of hydrogen-bond acceptors (Lipinski definition) is 6. The highest BCUT2D eigenvalue weighted by molar-refractivity contribution is 6.11. The predicted octanol–water partition coefficient (Wildman–Crippen LogP) is 4.15. The molecule has 13 heteroatoms. The Labute approximate surface area is 275 Å². The Balaban J connectivity index is 0.000000582. The van der Waals surface area contributed by atoms with Crippen LogP contribution in [0.5, 0.6) is 0 Å². The average molecular weight is 665 g/mol. The number of rotatable bonds is 8. The van der Waals surface area contributed by atoms with Crippen molar-refractivity contribution in [2.45, 2.75) is 44.2 Å². The van der Waals surface area contributed by atoms with Gasteiger partial charge in [-0.1, -0.05) is 91.0 Å². The fourth-order valence-electron chi connectivity index (χ4n) is 6.92. The van der Waals surface area contributed by atoms with Crippen molar-refractivity contribution >= 4 is 29.7 Å². The van der Waals surface area contributed by atoms with Crippen molar-refractivity contribution in [2.24, 2.45) is 16.8 Å². The molecule has 10 nitrogen and oxygen atoms in total. The molecular formula is C35H35F3N4O6. The Morgan fingerprint density at radius 1 is 0.896 bits per heavy atom. The van der Waals surface area contributed by atoms with Gasteiger partial charge in [0.15, 0.2) is 11.5 Å². The van der Waals surface area contributed by atoms with Crippen LogP contribution in [-0.2, 0) is 43.4 Å². The van der Waals surface area contributed by atoms with Gasteiger partial charge in [-0.3, -0.25) is 14.5 Å². The summed E-state index contributed by atoms with van der Waals surface area (Å²) in [6.07, 6.45) is -4.86. The van der Waals surface area contributed by atoms with Gasteiger partial charge in [-0.15, -0.1) is 0 Å². The third-order valence-electron chi connectivity index (χ3n) is 8.95. The van der Waals surface area contributed by atoms with E-state index in [1.165, 1.54) is 12.0 Å². The molecule has 3 aliphatic rings. The topological polar surface area (TPSA) is 120 Å². The second-order valence-corrected chi connectivity index (χ2v) is 11.7. The zero-order valence-electron chi connectivity index (χ0n) is 26.3. The maximum Gasteiger partial charge on any atom is 0.490 e. The molecule has 2 amide bonds. The number of imide groups is 1. The summed E-state index contributed by atoms with van der Waals surface area (Å²) in [5.41, 5.74) is 1.36. The monoisotopic (exact) mass is 664 g/mol. The van der Waals surface area contributed by atoms with E-state index in [0.29, 0.717) is 25.6 Å². The number of carboxylic acid groups (broad SMARTS) is 1. The third-order valence-corrected chi connectivity index (χ3v) is 8.95. The number of esters is 1. The molecule has 0 aliphatic carbocycles. The fraction of sp³-hybridized carbons (Fsp3) is 0.343. The smallest absolute Gasteiger partial charge is 0.475 e. The summed E-state index contributed by atoms with van der Waals surface area (Å²) < 4.78 is 37.2. The Kier molecular flexibility index (Phi) is 9.87. The lowest BCUT2D eigenvalue weighted by molar-refractivity contribution is -0.192. The minimum Gasteiger partial charge on any atom is -0.475 e. The van der Waals surface area contributed by atoms with Crippen LogP contribution in [0, 0.1) is 11.8 Å². The van der Waals surface area contributed by atoms with Crippen molar-refractivity contribution in [3.8, 4) is 0 Å². The van der Waals surface area contributed by atoms with E-state index in [0.717, 1.165) is 16.7 Å². The molecule has 0 bridgehead atoms. The van der Waals surface area contributed by atoms with E-state index in [1.54, 1.807) is 0 Å². The molecule has 4 atom stereocenters. The average Bonchev–Trinajstić information content (AvgIpc) is 3.67. The molecular weight excluding hydrogens is 629 g/mol. The number of carbonyl (C=O) groups excluding carboxylic acids is 3. The minimum absolute atomic E-state index is 0.174. The van der Waals surface area contributed by atoms with E-state index < -0.39 is 41.5 Å². The number of benzene rings is 3. The van der Waals surface area contributed by atoms with E-state index in [2.05, 4.69) is 4.90 Å². The number of nitrogens with zero attached hydrogens (tertiary/aromatic N) is 4. The van der Waals surface area contributed by atoms with Crippen LogP contribution in [0.25, 0.3) is 0 Å². The predicted molar refractivity (Wildman–Crippen MR) is 168 cm³/mol. The number of hydrogen-bond donors (Lipinski definition) is 1. The summed E-state index contributed by atoms with van der Waals surface area (Å²) in [5.74, 6) is -4.79. The van der Waals surface area contributed by atoms with Crippen LogP contribution < -0.4 is 0 Å². The zero-order chi connectivity index (χ0) is 34.6. The van der Waals surface area contributed by atoms with Gasteiger partial charge in [0.2, 0.25) is 11.8 Å². The first-order valence-corrected chi connectivity index (χ1v) is 15.4. The highest BCUT2D eigenvalue weighted by atomic mass is 19.4. The molecule has 6 rings (SSSR count). The standard InChI is InChI=1S/C33H34N4O4.C2HF3O2/c1-3-35-22-26-27-28(30(39)36(29(27)38)21-25-17-11-6-12-18-25)33(31(40)41-2,19-23-13-7-4-8-14-23)37(26)32(35)34-20-24-15-9-5-10-16-24;3-2(4,5)1(6)7/h4-18,26-28H,3,19-22H2,1-2H3;(H,6,7)/t26-,27+,28-,33-;/m1./s1. The first kappa shape index (κ1) is 34.1. The normalized spacial score (nSPS) is 23.9. The first-order chi connectivity index (χ1) is 22.9. The van der Waals surface area contributed by atoms with E-state index in [9.17, 15) is 27.6 Å². The van der Waals surface area contributed by atoms with Crippen molar-refractivity contribution in [3.05, 3.63) is 108 Å². The summed E-state index contributed by atoms with van der Waals surface area (Å²) in [4.78, 5) is 62.0. The number of likely N-dealkylation sites (N-methyl/N-ethyl adjacent to an activating group) is 1. The molecule has 3 aromatic rings. The van der Waals surface area contributed by atoms with Gasteiger partial charge in [-0.05, 0) is 23.6 Å². The van der Waals surface area contributed by atoms with Crippen molar-refractivity contribution in [1.82, 2.24) is 14.7 Å². The molecule has 3 heterocycles. The highest BCUT2D eigenvalue weighted by Gasteiger charge is 2.74. The molecule has 3 saturated heterocycles. The maximum absolute atomic E-state index is 14.3. The van der Waals surface area contributed by atoms with Gasteiger partial charge in [0, 0.05) is 19.5 Å². The number of methoxy groups -OCH3 is 1. The van der Waals surface area contributed by atoms with Crippen LogP contribution in [0.1, 0.15) is 23.6 Å². The second-order valence-electron chi connectivity index (χ2n) is 11.7. The van der Waals surface area contributed by atoms with Gasteiger partial charge in [0.05, 0.1) is 38.1 Å². The van der Waals surface area contributed by atoms with Crippen LogP contribution in [0.2, 0.25) is 0 Å². The maximum atomic E-state index is 14.3. The molecule has 0 spiro atoms. The van der Waals surface area contributed by atoms with Crippen LogP contribution in [0.15, 0.2) is 96.0 Å². The van der Waals surface area contributed by atoms with Crippen molar-refractivity contribution in [1.29, 1.82) is 0 Å². The first-order valence-electron chi connectivity index (χ1n) is 15.4. The molecule has 0 aromatic heterocycles. The van der Waals surface area contributed by atoms with Gasteiger partial charge in [0.25, 0.3) is 0 Å². The molecule has 0 saturated carbocycles. The Morgan fingerprint density at radius 2 is 1.42 bits per heavy atom. The number of likely N-dealkylation sites (tertiary alicyclic amines) is 1. The molecule has 3 aromatic carbocycles. The van der Waals surface area contributed by atoms with Crippen molar-refractivity contribution in [2.75, 3.05) is 20.2 Å². The SMILES string of the molecule is CCN1C[C@@H]2[C@@H]3C(=O)N(Cc4ccccc4)C(=O)[C@@H]3[C@](Cc3ccccc3)(C(=O)OC)N2C1=NCc1ccccc1.O=C(O)C(F)(F)F. The molecule has 3 aliphatic heterocycles. The lowest BCUT2D eigenvalue weighted by Crippen LogP contribution is -2.61. The Morgan fingerprint density at radius 3 is 1.92 bits per heavy atom. The van der Waals surface area contributed by atoms with Crippen molar-refractivity contribution < 1.29 is 42.2 Å². The molecule has 0 unspecified atom stereocenters. The Hall–Kier alpha value is -5.20. The summed E-state index contributed by atoms with van der Waals surface area (Å²) >= 11 is 0. The number of aliphatic imine (C=N–C) groups is 1. The van der Waals surface area contributed by atoms with Crippen LogP contribution in [0.4, 0.5) is 13.2 Å². The van der Waals surface area contributed by atoms with Crippen LogP contribution in [0.3, 0.4) is 0 Å². The molecule has 3 fully saturated rings. The number of halogens is 3. The summed E-state index contributed by atoms with van der Waals surface area (Å²) in [5, 5.41) is 7.12. The number of fused-ring (bicyclic) bond motifs is 3. The quantitative estimate of drug-likeness (QED) is 0.282. The summed E-state index contributed by atoms with van der Waals surface area (Å²) in [6, 6.07) is 28.7. The van der Waals surface area contributed by atoms with Gasteiger partial charge >= 0.3 is 18.1 Å². The number of carbonyl (C=O) groups is 4. The van der Waals surface area contributed by atoms with E-state index >= 15 is 0 Å². The second kappa shape index (κ2) is 13.9. The van der Waals surface area contributed by atoms with Crippen LogP contribution >= 0.6 is 0 Å². The van der Waals surface area contributed by atoms with E-state index in [-0.39, 0.29) is 24.8 Å². The number of amides is 2. The zero-order valence-corrected chi connectivity index (χ0v) is 26.3. The summed E-state index contributed by atoms with van der Waals surface area (Å²) in [7, 11) is 1.36. The largest absolute Gasteiger partial charge is 0.490 e. The lowest BCUT2D eigenvalue weighted by atomic mass is 9.76. The molecule has 48 heavy (non-hydrogen) atoms. The molecule has 0 radical (unpaired) electrons.